The molecule has 1 aliphatic rings. The second kappa shape index (κ2) is 2.22. The van der Waals surface area contributed by atoms with E-state index in [1.807, 2.05) is 6.92 Å². The van der Waals surface area contributed by atoms with Crippen LogP contribution in [-0.4, -0.2) is 4.98 Å². The molecule has 2 nitrogen and oxygen atoms in total. The van der Waals surface area contributed by atoms with E-state index in [1.165, 1.54) is 24.1 Å². The Labute approximate surface area is 66.4 Å². The number of nitrogens with zero attached hydrogens (tertiary/aromatic N) is 1. The van der Waals surface area contributed by atoms with E-state index in [0.29, 0.717) is 5.82 Å². The Morgan fingerprint density at radius 1 is 1.45 bits per heavy atom. The van der Waals surface area contributed by atoms with Crippen LogP contribution in [0.1, 0.15) is 23.2 Å². The van der Waals surface area contributed by atoms with Gasteiger partial charge in [-0.05, 0) is 37.3 Å². The molecule has 2 heteroatoms. The molecule has 0 saturated carbocycles. The summed E-state index contributed by atoms with van der Waals surface area (Å²) in [5, 5.41) is 0. The smallest absolute Gasteiger partial charge is 0.126 e. The third kappa shape index (κ3) is 0.985. The van der Waals surface area contributed by atoms with E-state index in [1.54, 1.807) is 0 Å². The van der Waals surface area contributed by atoms with E-state index >= 15 is 0 Å². The van der Waals surface area contributed by atoms with E-state index < -0.39 is 0 Å². The van der Waals surface area contributed by atoms with Crippen LogP contribution in [0.15, 0.2) is 6.07 Å². The molecule has 0 bridgehead atoms. The van der Waals surface area contributed by atoms with Gasteiger partial charge in [-0.2, -0.15) is 0 Å². The lowest BCUT2D eigenvalue weighted by atomic mass is 10.1. The Morgan fingerprint density at radius 2 is 2.27 bits per heavy atom. The van der Waals surface area contributed by atoms with E-state index in [0.717, 1.165) is 12.0 Å². The maximum absolute atomic E-state index is 5.68. The molecule has 58 valence electrons. The first-order valence-corrected chi connectivity index (χ1v) is 4.02. The van der Waals surface area contributed by atoms with Gasteiger partial charge < -0.3 is 5.73 Å². The van der Waals surface area contributed by atoms with Gasteiger partial charge in [0.15, 0.2) is 0 Å². The van der Waals surface area contributed by atoms with Gasteiger partial charge in [0.1, 0.15) is 5.82 Å². The van der Waals surface area contributed by atoms with Crippen molar-refractivity contribution in [3.63, 3.8) is 0 Å². The van der Waals surface area contributed by atoms with E-state index in [9.17, 15) is 0 Å². The molecule has 1 aliphatic carbocycles. The molecule has 0 spiro atoms. The Morgan fingerprint density at radius 3 is 3.09 bits per heavy atom. The van der Waals surface area contributed by atoms with Crippen molar-refractivity contribution in [2.24, 2.45) is 0 Å². The van der Waals surface area contributed by atoms with Gasteiger partial charge in [-0.15, -0.1) is 0 Å². The number of nitrogen functional groups attached to an aromatic ring is 1. The summed E-state index contributed by atoms with van der Waals surface area (Å²) in [6.45, 7) is 2.01. The zero-order chi connectivity index (χ0) is 7.84. The number of rotatable bonds is 0. The summed E-state index contributed by atoms with van der Waals surface area (Å²) in [5.74, 6) is 0.700. The van der Waals surface area contributed by atoms with E-state index in [-0.39, 0.29) is 0 Å². The number of pyridine rings is 1. The number of hydrogen-bond acceptors (Lipinski definition) is 2. The molecule has 0 radical (unpaired) electrons. The van der Waals surface area contributed by atoms with Crippen LogP contribution in [0.5, 0.6) is 0 Å². The number of aryl methyl sites for hydroxylation is 3. The molecule has 1 aromatic rings. The molecular weight excluding hydrogens is 136 g/mol. The van der Waals surface area contributed by atoms with Crippen LogP contribution in [0, 0.1) is 6.92 Å². The van der Waals surface area contributed by atoms with Crippen LogP contribution >= 0.6 is 0 Å². The monoisotopic (exact) mass is 148 g/mol. The van der Waals surface area contributed by atoms with Gasteiger partial charge in [-0.3, -0.25) is 0 Å². The van der Waals surface area contributed by atoms with Crippen LogP contribution in [0.4, 0.5) is 5.82 Å². The van der Waals surface area contributed by atoms with Crippen molar-refractivity contribution in [2.75, 3.05) is 5.73 Å². The van der Waals surface area contributed by atoms with Crippen molar-refractivity contribution in [3.8, 4) is 0 Å². The summed E-state index contributed by atoms with van der Waals surface area (Å²) in [5.41, 5.74) is 9.41. The Balaban J connectivity index is 2.57. The maximum atomic E-state index is 5.68. The number of nitrogens with two attached hydrogens (primary N) is 1. The van der Waals surface area contributed by atoms with Crippen LogP contribution < -0.4 is 5.73 Å². The van der Waals surface area contributed by atoms with Crippen molar-refractivity contribution in [3.05, 3.63) is 22.9 Å². The molecule has 0 saturated heterocycles. The summed E-state index contributed by atoms with van der Waals surface area (Å²) < 4.78 is 0. The average Bonchev–Trinajstić information content (AvgIpc) is 2.36. The molecular formula is C9H12N2. The van der Waals surface area contributed by atoms with E-state index in [2.05, 4.69) is 11.1 Å². The largest absolute Gasteiger partial charge is 0.383 e. The van der Waals surface area contributed by atoms with Gasteiger partial charge in [-0.25, -0.2) is 4.98 Å². The summed E-state index contributed by atoms with van der Waals surface area (Å²) >= 11 is 0. The van der Waals surface area contributed by atoms with Crippen molar-refractivity contribution >= 4 is 5.82 Å². The van der Waals surface area contributed by atoms with Crippen LogP contribution in [0.25, 0.3) is 0 Å². The van der Waals surface area contributed by atoms with Gasteiger partial charge in [0, 0.05) is 5.69 Å². The normalized spacial score (nSPS) is 15.0. The summed E-state index contributed by atoms with van der Waals surface area (Å²) in [4.78, 5) is 4.33. The molecule has 2 rings (SSSR count). The topological polar surface area (TPSA) is 38.9 Å². The third-order valence-corrected chi connectivity index (χ3v) is 2.28. The maximum Gasteiger partial charge on any atom is 0.126 e. The van der Waals surface area contributed by atoms with Crippen molar-refractivity contribution in [2.45, 2.75) is 26.2 Å². The standard InChI is InChI=1S/C9H12N2/c1-6-5-7-3-2-4-8(7)11-9(6)10/h5H,2-4H2,1H3,(H2,10,11). The lowest BCUT2D eigenvalue weighted by Crippen LogP contribution is -1.98. The van der Waals surface area contributed by atoms with E-state index in [4.69, 9.17) is 5.73 Å². The number of anilines is 1. The highest BCUT2D eigenvalue weighted by atomic mass is 14.8. The molecule has 2 N–H and O–H groups in total. The van der Waals surface area contributed by atoms with Gasteiger partial charge in [0.2, 0.25) is 0 Å². The second-order valence-corrected chi connectivity index (χ2v) is 3.15. The lowest BCUT2D eigenvalue weighted by molar-refractivity contribution is 0.900. The molecule has 11 heavy (non-hydrogen) atoms. The van der Waals surface area contributed by atoms with Gasteiger partial charge >= 0.3 is 0 Å². The molecule has 0 amide bonds. The number of aromatic nitrogens is 1. The zero-order valence-electron chi connectivity index (χ0n) is 6.72. The molecule has 0 fully saturated rings. The van der Waals surface area contributed by atoms with Gasteiger partial charge in [0.05, 0.1) is 0 Å². The fourth-order valence-corrected chi connectivity index (χ4v) is 1.60. The third-order valence-electron chi connectivity index (χ3n) is 2.28. The quantitative estimate of drug-likeness (QED) is 0.605. The summed E-state index contributed by atoms with van der Waals surface area (Å²) in [6.07, 6.45) is 3.54. The lowest BCUT2D eigenvalue weighted by Gasteiger charge is -2.02. The molecule has 0 aromatic carbocycles. The minimum Gasteiger partial charge on any atom is -0.383 e. The predicted octanol–water partition coefficient (Wildman–Crippen LogP) is 1.46. The van der Waals surface area contributed by atoms with Crippen LogP contribution in [-0.2, 0) is 12.8 Å². The average molecular weight is 148 g/mol. The second-order valence-electron chi connectivity index (χ2n) is 3.15. The van der Waals surface area contributed by atoms with Crippen LogP contribution in [0.2, 0.25) is 0 Å². The fourth-order valence-electron chi connectivity index (χ4n) is 1.60. The summed E-state index contributed by atoms with van der Waals surface area (Å²) in [6, 6.07) is 2.17. The Kier molecular flexibility index (Phi) is 1.34. The fraction of sp³-hybridized carbons (Fsp3) is 0.444. The minimum absolute atomic E-state index is 0.700. The highest BCUT2D eigenvalue weighted by Gasteiger charge is 2.12. The summed E-state index contributed by atoms with van der Waals surface area (Å²) in [7, 11) is 0. The van der Waals surface area contributed by atoms with Crippen molar-refractivity contribution in [1.29, 1.82) is 0 Å². The predicted molar refractivity (Wildman–Crippen MR) is 45.4 cm³/mol. The highest BCUT2D eigenvalue weighted by molar-refractivity contribution is 5.43. The highest BCUT2D eigenvalue weighted by Crippen LogP contribution is 2.22. The number of fused-ring (bicyclic) bond motifs is 1. The molecule has 1 heterocycles. The molecule has 0 atom stereocenters. The molecule has 0 unspecified atom stereocenters. The van der Waals surface area contributed by atoms with Gasteiger partial charge in [0.25, 0.3) is 0 Å². The minimum atomic E-state index is 0.700. The first-order chi connectivity index (χ1) is 5.27. The van der Waals surface area contributed by atoms with Crippen molar-refractivity contribution in [1.82, 2.24) is 4.98 Å². The van der Waals surface area contributed by atoms with Gasteiger partial charge in [-0.1, -0.05) is 6.07 Å². The van der Waals surface area contributed by atoms with Crippen LogP contribution in [0.3, 0.4) is 0 Å². The first kappa shape index (κ1) is 6.65. The number of hydrogen-bond donors (Lipinski definition) is 1. The molecule has 1 aromatic heterocycles. The Hall–Kier alpha value is -1.05. The van der Waals surface area contributed by atoms with Crippen molar-refractivity contribution < 1.29 is 0 Å². The SMILES string of the molecule is Cc1cc2c(nc1N)CCC2. The Bertz CT molecular complexity index is 263. The molecule has 0 aliphatic heterocycles. The first-order valence-electron chi connectivity index (χ1n) is 4.02. The zero-order valence-corrected chi connectivity index (χ0v) is 6.72.